The van der Waals surface area contributed by atoms with E-state index in [-0.39, 0.29) is 23.1 Å². The number of amides is 2. The Bertz CT molecular complexity index is 917. The quantitative estimate of drug-likeness (QED) is 0.835. The van der Waals surface area contributed by atoms with Crippen molar-refractivity contribution in [1.29, 1.82) is 0 Å². The number of nitrogens with zero attached hydrogens (tertiary/aromatic N) is 3. The van der Waals surface area contributed by atoms with Crippen molar-refractivity contribution in [3.05, 3.63) is 24.0 Å². The molecule has 0 saturated carbocycles. The van der Waals surface area contributed by atoms with Crippen molar-refractivity contribution in [3.63, 3.8) is 0 Å². The number of hydrogen-bond donors (Lipinski definition) is 1. The molecule has 2 aliphatic heterocycles. The van der Waals surface area contributed by atoms with Gasteiger partial charge in [-0.05, 0) is 43.9 Å². The van der Waals surface area contributed by atoms with Crippen LogP contribution in [0.2, 0.25) is 0 Å². The summed E-state index contributed by atoms with van der Waals surface area (Å²) in [7, 11) is 0. The number of aryl methyl sites for hydroxylation is 2. The molecule has 6 heteroatoms. The molecule has 1 saturated heterocycles. The molecule has 4 rings (SSSR count). The average Bonchev–Trinajstić information content (AvgIpc) is 2.86. The highest BCUT2D eigenvalue weighted by molar-refractivity contribution is 5.95. The van der Waals surface area contributed by atoms with Crippen molar-refractivity contribution in [1.82, 2.24) is 14.5 Å². The van der Waals surface area contributed by atoms with E-state index < -0.39 is 0 Å². The first kappa shape index (κ1) is 19.9. The van der Waals surface area contributed by atoms with Gasteiger partial charge >= 0.3 is 0 Å². The minimum Gasteiger partial charge on any atom is -0.342 e. The Morgan fingerprint density at radius 2 is 1.83 bits per heavy atom. The zero-order chi connectivity index (χ0) is 20.6. The number of hydrogen-bond acceptors (Lipinski definition) is 3. The smallest absolute Gasteiger partial charge is 0.227 e. The van der Waals surface area contributed by atoms with Gasteiger partial charge in [0.25, 0.3) is 0 Å². The lowest BCUT2D eigenvalue weighted by Gasteiger charge is -2.35. The molecule has 29 heavy (non-hydrogen) atoms. The largest absolute Gasteiger partial charge is 0.342 e. The van der Waals surface area contributed by atoms with E-state index in [1.807, 2.05) is 37.8 Å². The van der Waals surface area contributed by atoms with E-state index in [1.54, 1.807) is 0 Å². The van der Waals surface area contributed by atoms with Crippen LogP contribution in [-0.2, 0) is 22.6 Å². The summed E-state index contributed by atoms with van der Waals surface area (Å²) < 4.78 is 2.33. The monoisotopic (exact) mass is 396 g/mol. The molecule has 3 heterocycles. The number of carbonyl (C=O) groups excluding carboxylic acids is 2. The fraction of sp³-hybridized carbons (Fsp3) is 0.609. The van der Waals surface area contributed by atoms with Crippen molar-refractivity contribution >= 4 is 28.5 Å². The number of nitrogens with one attached hydrogen (secondary N) is 1. The van der Waals surface area contributed by atoms with Gasteiger partial charge in [0.2, 0.25) is 11.8 Å². The zero-order valence-electron chi connectivity index (χ0n) is 17.8. The van der Waals surface area contributed by atoms with E-state index in [9.17, 15) is 9.59 Å². The molecule has 0 unspecified atom stereocenters. The summed E-state index contributed by atoms with van der Waals surface area (Å²) in [6, 6.07) is 6.06. The van der Waals surface area contributed by atoms with E-state index in [4.69, 9.17) is 4.98 Å². The normalized spacial score (nSPS) is 18.4. The highest BCUT2D eigenvalue weighted by atomic mass is 16.2. The van der Waals surface area contributed by atoms with E-state index >= 15 is 0 Å². The van der Waals surface area contributed by atoms with Gasteiger partial charge in [-0.25, -0.2) is 4.98 Å². The van der Waals surface area contributed by atoms with Crippen LogP contribution in [0, 0.1) is 11.3 Å². The number of fused-ring (bicyclic) bond motifs is 3. The van der Waals surface area contributed by atoms with Gasteiger partial charge in [0.05, 0.1) is 11.0 Å². The predicted molar refractivity (Wildman–Crippen MR) is 115 cm³/mol. The average molecular weight is 397 g/mol. The van der Waals surface area contributed by atoms with Gasteiger partial charge in [0.15, 0.2) is 0 Å². The Kier molecular flexibility index (Phi) is 5.36. The van der Waals surface area contributed by atoms with E-state index in [2.05, 4.69) is 16.0 Å². The summed E-state index contributed by atoms with van der Waals surface area (Å²) in [6.45, 7) is 8.17. The molecule has 0 spiro atoms. The van der Waals surface area contributed by atoms with Crippen LogP contribution in [0.1, 0.15) is 58.7 Å². The SMILES string of the molecule is CC(C)(C)C(=O)N1CCC(C(=O)Nc2ccc3c(c2)nc2n3CCCCC2)CC1. The molecule has 1 aromatic carbocycles. The summed E-state index contributed by atoms with van der Waals surface area (Å²) in [5.74, 6) is 1.33. The number of rotatable bonds is 2. The maximum Gasteiger partial charge on any atom is 0.227 e. The van der Waals surface area contributed by atoms with Crippen molar-refractivity contribution in [3.8, 4) is 0 Å². The molecule has 6 nitrogen and oxygen atoms in total. The minimum atomic E-state index is -0.368. The maximum atomic E-state index is 12.8. The second-order valence-electron chi connectivity index (χ2n) is 9.50. The van der Waals surface area contributed by atoms with Gasteiger partial charge in [-0.15, -0.1) is 0 Å². The summed E-state index contributed by atoms with van der Waals surface area (Å²) in [5.41, 5.74) is 2.57. The van der Waals surface area contributed by atoms with E-state index in [0.29, 0.717) is 25.9 Å². The van der Waals surface area contributed by atoms with Gasteiger partial charge < -0.3 is 14.8 Å². The molecule has 1 aromatic heterocycles. The summed E-state index contributed by atoms with van der Waals surface area (Å²) in [5, 5.41) is 3.08. The zero-order valence-corrected chi connectivity index (χ0v) is 17.8. The Balaban J connectivity index is 1.40. The fourth-order valence-electron chi connectivity index (χ4n) is 4.49. The topological polar surface area (TPSA) is 67.2 Å². The molecule has 1 N–H and O–H groups in total. The molecule has 2 aliphatic rings. The molecule has 156 valence electrons. The molecule has 1 fully saturated rings. The Morgan fingerprint density at radius 3 is 2.55 bits per heavy atom. The second-order valence-corrected chi connectivity index (χ2v) is 9.50. The third kappa shape index (κ3) is 4.16. The molecule has 0 atom stereocenters. The standard InChI is InChI=1S/C23H32N4O2/c1-23(2,3)22(29)26-13-10-16(11-14-26)21(28)24-17-8-9-19-18(15-17)25-20-7-5-4-6-12-27(19)20/h8-9,15-16H,4-7,10-14H2,1-3H3,(H,24,28). The Hall–Kier alpha value is -2.37. The van der Waals surface area contributed by atoms with Gasteiger partial charge in [-0.3, -0.25) is 9.59 Å². The van der Waals surface area contributed by atoms with Crippen LogP contribution in [0.25, 0.3) is 11.0 Å². The highest BCUT2D eigenvalue weighted by Gasteiger charge is 2.32. The van der Waals surface area contributed by atoms with Crippen molar-refractivity contribution in [2.75, 3.05) is 18.4 Å². The van der Waals surface area contributed by atoms with Gasteiger partial charge in [-0.1, -0.05) is 27.2 Å². The first-order chi connectivity index (χ1) is 13.8. The van der Waals surface area contributed by atoms with Crippen LogP contribution >= 0.6 is 0 Å². The van der Waals surface area contributed by atoms with Gasteiger partial charge in [0, 0.05) is 43.1 Å². The predicted octanol–water partition coefficient (Wildman–Crippen LogP) is 3.99. The third-order valence-corrected chi connectivity index (χ3v) is 6.17. The van der Waals surface area contributed by atoms with Crippen LogP contribution in [0.15, 0.2) is 18.2 Å². The highest BCUT2D eigenvalue weighted by Crippen LogP contribution is 2.27. The third-order valence-electron chi connectivity index (χ3n) is 6.17. The summed E-state index contributed by atoms with van der Waals surface area (Å²) in [4.78, 5) is 31.9. The van der Waals surface area contributed by atoms with Crippen LogP contribution in [0.3, 0.4) is 0 Å². The fourth-order valence-corrected chi connectivity index (χ4v) is 4.49. The summed E-state index contributed by atoms with van der Waals surface area (Å²) >= 11 is 0. The minimum absolute atomic E-state index is 0.0478. The molecular weight excluding hydrogens is 364 g/mol. The second kappa shape index (κ2) is 7.81. The number of likely N-dealkylation sites (tertiary alicyclic amines) is 1. The number of benzene rings is 1. The van der Waals surface area contributed by atoms with E-state index in [1.165, 1.54) is 19.3 Å². The van der Waals surface area contributed by atoms with Crippen LogP contribution in [0.5, 0.6) is 0 Å². The summed E-state index contributed by atoms with van der Waals surface area (Å²) in [6.07, 6.45) is 6.13. The van der Waals surface area contributed by atoms with E-state index in [0.717, 1.165) is 35.5 Å². The first-order valence-corrected chi connectivity index (χ1v) is 10.9. The van der Waals surface area contributed by atoms with Crippen molar-refractivity contribution in [2.24, 2.45) is 11.3 Å². The van der Waals surface area contributed by atoms with Crippen LogP contribution in [0.4, 0.5) is 5.69 Å². The maximum absolute atomic E-state index is 12.8. The molecule has 0 aliphatic carbocycles. The molecule has 2 aromatic rings. The number of anilines is 1. The lowest BCUT2D eigenvalue weighted by Crippen LogP contribution is -2.45. The van der Waals surface area contributed by atoms with Crippen LogP contribution < -0.4 is 5.32 Å². The van der Waals surface area contributed by atoms with Crippen LogP contribution in [-0.4, -0.2) is 39.4 Å². The number of imidazole rings is 1. The van der Waals surface area contributed by atoms with Gasteiger partial charge in [0.1, 0.15) is 5.82 Å². The molecular formula is C23H32N4O2. The Morgan fingerprint density at radius 1 is 1.07 bits per heavy atom. The number of piperidine rings is 1. The molecule has 0 bridgehead atoms. The lowest BCUT2D eigenvalue weighted by molar-refractivity contribution is -0.142. The number of aromatic nitrogens is 2. The lowest BCUT2D eigenvalue weighted by atomic mass is 9.90. The van der Waals surface area contributed by atoms with Crippen molar-refractivity contribution in [2.45, 2.75) is 65.8 Å². The molecule has 0 radical (unpaired) electrons. The van der Waals surface area contributed by atoms with Crippen molar-refractivity contribution < 1.29 is 9.59 Å². The Labute approximate surface area is 172 Å². The first-order valence-electron chi connectivity index (χ1n) is 10.9. The molecule has 2 amide bonds. The number of carbonyl (C=O) groups is 2. The van der Waals surface area contributed by atoms with Gasteiger partial charge in [-0.2, -0.15) is 0 Å².